The van der Waals surface area contributed by atoms with E-state index in [1.165, 1.54) is 7.11 Å². The number of nitrogens with one attached hydrogen (secondary N) is 1. The Morgan fingerprint density at radius 3 is 2.30 bits per heavy atom. The lowest BCUT2D eigenvalue weighted by molar-refractivity contribution is 0.0600. The monoisotopic (exact) mass is 313 g/mol. The van der Waals surface area contributed by atoms with Gasteiger partial charge in [0.1, 0.15) is 5.75 Å². The second kappa shape index (κ2) is 7.45. The van der Waals surface area contributed by atoms with Crippen LogP contribution in [0.4, 0.5) is 5.69 Å². The Labute approximate surface area is 135 Å². The predicted molar refractivity (Wildman–Crippen MR) is 88.1 cm³/mol. The van der Waals surface area contributed by atoms with Crippen LogP contribution in [0.15, 0.2) is 42.5 Å². The molecule has 5 nitrogen and oxygen atoms in total. The van der Waals surface area contributed by atoms with Gasteiger partial charge < -0.3 is 14.8 Å². The first kappa shape index (κ1) is 16.5. The number of hydrogen-bond acceptors (Lipinski definition) is 4. The molecule has 1 amide bonds. The summed E-state index contributed by atoms with van der Waals surface area (Å²) in [6.07, 6.45) is 0. The van der Waals surface area contributed by atoms with E-state index in [0.717, 1.165) is 5.75 Å². The Morgan fingerprint density at radius 1 is 1.04 bits per heavy atom. The minimum atomic E-state index is -0.460. The van der Waals surface area contributed by atoms with E-state index in [4.69, 9.17) is 9.47 Å². The zero-order valence-electron chi connectivity index (χ0n) is 13.4. The van der Waals surface area contributed by atoms with Gasteiger partial charge >= 0.3 is 5.97 Å². The van der Waals surface area contributed by atoms with Gasteiger partial charge in [0, 0.05) is 11.3 Å². The fraction of sp³-hybridized carbons (Fsp3) is 0.222. The minimum Gasteiger partial charge on any atom is -0.494 e. The predicted octanol–water partition coefficient (Wildman–Crippen LogP) is 3.43. The molecule has 0 bridgehead atoms. The number of anilines is 1. The fourth-order valence-electron chi connectivity index (χ4n) is 2.21. The number of esters is 1. The van der Waals surface area contributed by atoms with Gasteiger partial charge in [-0.2, -0.15) is 0 Å². The van der Waals surface area contributed by atoms with Crippen LogP contribution >= 0.6 is 0 Å². The van der Waals surface area contributed by atoms with E-state index in [9.17, 15) is 9.59 Å². The zero-order chi connectivity index (χ0) is 16.8. The van der Waals surface area contributed by atoms with Crippen molar-refractivity contribution in [1.29, 1.82) is 0 Å². The first-order valence-corrected chi connectivity index (χ1v) is 7.29. The van der Waals surface area contributed by atoms with Gasteiger partial charge in [0.2, 0.25) is 0 Å². The quantitative estimate of drug-likeness (QED) is 0.859. The van der Waals surface area contributed by atoms with Gasteiger partial charge in [-0.1, -0.05) is 6.07 Å². The van der Waals surface area contributed by atoms with Crippen LogP contribution in [0, 0.1) is 6.92 Å². The lowest BCUT2D eigenvalue weighted by atomic mass is 10.0. The number of hydrogen-bond donors (Lipinski definition) is 1. The van der Waals surface area contributed by atoms with Crippen molar-refractivity contribution in [2.24, 2.45) is 0 Å². The lowest BCUT2D eigenvalue weighted by Gasteiger charge is -2.11. The highest BCUT2D eigenvalue weighted by Crippen LogP contribution is 2.19. The molecule has 0 unspecified atom stereocenters. The Balaban J connectivity index is 2.19. The van der Waals surface area contributed by atoms with Crippen molar-refractivity contribution in [3.63, 3.8) is 0 Å². The van der Waals surface area contributed by atoms with Crippen LogP contribution in [0.5, 0.6) is 5.75 Å². The molecule has 0 fully saturated rings. The number of methoxy groups -OCH3 is 1. The molecular weight excluding hydrogens is 294 g/mol. The van der Waals surface area contributed by atoms with Crippen molar-refractivity contribution in [2.75, 3.05) is 19.0 Å². The van der Waals surface area contributed by atoms with Crippen LogP contribution in [0.25, 0.3) is 0 Å². The highest BCUT2D eigenvalue weighted by Gasteiger charge is 2.16. The Morgan fingerprint density at radius 2 is 1.70 bits per heavy atom. The van der Waals surface area contributed by atoms with Crippen LogP contribution in [0.3, 0.4) is 0 Å². The van der Waals surface area contributed by atoms with Gasteiger partial charge in [-0.05, 0) is 55.8 Å². The van der Waals surface area contributed by atoms with Crippen LogP contribution in [0.1, 0.15) is 33.2 Å². The van der Waals surface area contributed by atoms with E-state index in [2.05, 4.69) is 5.32 Å². The van der Waals surface area contributed by atoms with E-state index in [0.29, 0.717) is 29.0 Å². The van der Waals surface area contributed by atoms with E-state index in [1.54, 1.807) is 49.4 Å². The Hall–Kier alpha value is -2.82. The molecule has 0 aromatic heterocycles. The number of ether oxygens (including phenoxy) is 2. The van der Waals surface area contributed by atoms with E-state index in [1.807, 2.05) is 6.92 Å². The van der Waals surface area contributed by atoms with Crippen molar-refractivity contribution in [3.05, 3.63) is 59.2 Å². The largest absolute Gasteiger partial charge is 0.494 e. The number of benzene rings is 2. The van der Waals surface area contributed by atoms with Crippen LogP contribution < -0.4 is 10.1 Å². The molecule has 2 aromatic rings. The molecule has 0 aliphatic heterocycles. The third-order valence-electron chi connectivity index (χ3n) is 3.41. The molecular formula is C18H19NO4. The van der Waals surface area contributed by atoms with Gasteiger partial charge in [-0.15, -0.1) is 0 Å². The normalized spacial score (nSPS) is 10.0. The van der Waals surface area contributed by atoms with Crippen molar-refractivity contribution in [2.45, 2.75) is 13.8 Å². The molecule has 0 aliphatic carbocycles. The molecule has 0 heterocycles. The van der Waals surface area contributed by atoms with Crippen LogP contribution in [-0.4, -0.2) is 25.6 Å². The molecule has 23 heavy (non-hydrogen) atoms. The van der Waals surface area contributed by atoms with E-state index in [-0.39, 0.29) is 5.91 Å². The molecule has 2 aromatic carbocycles. The smallest absolute Gasteiger partial charge is 0.338 e. The summed E-state index contributed by atoms with van der Waals surface area (Å²) in [4.78, 5) is 24.1. The first-order valence-electron chi connectivity index (χ1n) is 7.29. The molecule has 0 radical (unpaired) electrons. The molecule has 0 atom stereocenters. The van der Waals surface area contributed by atoms with Crippen LogP contribution in [0.2, 0.25) is 0 Å². The highest BCUT2D eigenvalue weighted by atomic mass is 16.5. The second-order valence-corrected chi connectivity index (χ2v) is 4.88. The number of rotatable bonds is 5. The third-order valence-corrected chi connectivity index (χ3v) is 3.41. The van der Waals surface area contributed by atoms with E-state index >= 15 is 0 Å². The molecule has 0 saturated heterocycles. The van der Waals surface area contributed by atoms with Crippen molar-refractivity contribution in [1.82, 2.24) is 0 Å². The highest BCUT2D eigenvalue weighted by molar-refractivity contribution is 6.07. The van der Waals surface area contributed by atoms with Gasteiger partial charge in [-0.3, -0.25) is 4.79 Å². The fourth-order valence-corrected chi connectivity index (χ4v) is 2.21. The van der Waals surface area contributed by atoms with Crippen LogP contribution in [-0.2, 0) is 4.74 Å². The van der Waals surface area contributed by atoms with Gasteiger partial charge in [0.05, 0.1) is 19.3 Å². The maximum Gasteiger partial charge on any atom is 0.338 e. The first-order chi connectivity index (χ1) is 11.1. The summed E-state index contributed by atoms with van der Waals surface area (Å²) in [5, 5.41) is 2.81. The molecule has 5 heteroatoms. The van der Waals surface area contributed by atoms with Crippen molar-refractivity contribution >= 4 is 17.6 Å². The molecule has 0 aliphatic rings. The molecule has 2 rings (SSSR count). The SMILES string of the molecule is CCOc1ccc(NC(=O)c2cccc(C(=O)OC)c2C)cc1. The number of carbonyl (C=O) groups is 2. The molecule has 1 N–H and O–H groups in total. The Bertz CT molecular complexity index is 707. The standard InChI is InChI=1S/C18H19NO4/c1-4-23-14-10-8-13(9-11-14)19-17(20)15-6-5-7-16(12(15)2)18(21)22-3/h5-11H,4H2,1-3H3,(H,19,20). The number of amides is 1. The van der Waals surface area contributed by atoms with Gasteiger partial charge in [0.15, 0.2) is 0 Å². The summed E-state index contributed by atoms with van der Waals surface area (Å²) in [7, 11) is 1.31. The summed E-state index contributed by atoms with van der Waals surface area (Å²) in [6, 6.07) is 12.1. The summed E-state index contributed by atoms with van der Waals surface area (Å²) >= 11 is 0. The molecule has 0 spiro atoms. The maximum absolute atomic E-state index is 12.4. The summed E-state index contributed by atoms with van der Waals surface area (Å²) < 4.78 is 10.1. The van der Waals surface area contributed by atoms with Crippen molar-refractivity contribution < 1.29 is 19.1 Å². The topological polar surface area (TPSA) is 64.6 Å². The van der Waals surface area contributed by atoms with E-state index < -0.39 is 5.97 Å². The van der Waals surface area contributed by atoms with Gasteiger partial charge in [-0.25, -0.2) is 4.79 Å². The Kier molecular flexibility index (Phi) is 5.36. The zero-order valence-corrected chi connectivity index (χ0v) is 13.4. The molecule has 120 valence electrons. The minimum absolute atomic E-state index is 0.280. The number of carbonyl (C=O) groups excluding carboxylic acids is 2. The summed E-state index contributed by atoms with van der Waals surface area (Å²) in [5.41, 5.74) is 2.05. The second-order valence-electron chi connectivity index (χ2n) is 4.88. The molecule has 0 saturated carbocycles. The summed E-state index contributed by atoms with van der Waals surface area (Å²) in [5.74, 6) is 0.00463. The lowest BCUT2D eigenvalue weighted by Crippen LogP contribution is -2.15. The van der Waals surface area contributed by atoms with Gasteiger partial charge in [0.25, 0.3) is 5.91 Å². The maximum atomic E-state index is 12.4. The summed E-state index contributed by atoms with van der Waals surface area (Å²) in [6.45, 7) is 4.22. The average Bonchev–Trinajstić information content (AvgIpc) is 2.56. The van der Waals surface area contributed by atoms with Crippen molar-refractivity contribution in [3.8, 4) is 5.75 Å². The average molecular weight is 313 g/mol. The third kappa shape index (κ3) is 3.88.